The highest BCUT2D eigenvalue weighted by atomic mass is 32.2. The van der Waals surface area contributed by atoms with Crippen molar-refractivity contribution in [1.82, 2.24) is 4.31 Å². The van der Waals surface area contributed by atoms with Gasteiger partial charge in [-0.1, -0.05) is 6.07 Å². The second-order valence-electron chi connectivity index (χ2n) is 5.72. The van der Waals surface area contributed by atoms with E-state index in [0.29, 0.717) is 32.6 Å². The monoisotopic (exact) mass is 382 g/mol. The molecule has 0 amide bonds. The summed E-state index contributed by atoms with van der Waals surface area (Å²) < 4.78 is 33.2. The zero-order valence-corrected chi connectivity index (χ0v) is 15.0. The number of hydrogen-bond donors (Lipinski definition) is 0. The van der Waals surface area contributed by atoms with Gasteiger partial charge in [0, 0.05) is 42.8 Å². The van der Waals surface area contributed by atoms with Crippen LogP contribution in [0.4, 0.5) is 5.69 Å². The van der Waals surface area contributed by atoms with Gasteiger partial charge >= 0.3 is 0 Å². The van der Waals surface area contributed by atoms with Crippen molar-refractivity contribution in [3.8, 4) is 0 Å². The Morgan fingerprint density at radius 3 is 2.44 bits per heavy atom. The molecule has 1 aromatic heterocycles. The second kappa shape index (κ2) is 7.61. The molecule has 0 bridgehead atoms. The van der Waals surface area contributed by atoms with E-state index in [2.05, 4.69) is 0 Å². The van der Waals surface area contributed by atoms with Gasteiger partial charge in [0.25, 0.3) is 5.69 Å². The van der Waals surface area contributed by atoms with E-state index in [1.807, 2.05) is 17.5 Å². The van der Waals surface area contributed by atoms with Crippen molar-refractivity contribution in [2.75, 3.05) is 13.2 Å². The lowest BCUT2D eigenvalue weighted by Crippen LogP contribution is -2.42. The number of hydrogen-bond acceptors (Lipinski definition) is 6. The normalized spacial score (nSPS) is 16.2. The molecule has 1 aromatic carbocycles. The fraction of sp³-hybridized carbons (Fsp3) is 0.375. The van der Waals surface area contributed by atoms with Gasteiger partial charge < -0.3 is 4.74 Å². The van der Waals surface area contributed by atoms with Crippen LogP contribution < -0.4 is 0 Å². The summed E-state index contributed by atoms with van der Waals surface area (Å²) in [6, 6.07) is 8.70. The Hall–Kier alpha value is -1.81. The summed E-state index contributed by atoms with van der Waals surface area (Å²) >= 11 is 1.51. The number of nitro benzene ring substituents is 1. The minimum atomic E-state index is -3.76. The van der Waals surface area contributed by atoms with E-state index in [1.54, 1.807) is 0 Å². The van der Waals surface area contributed by atoms with E-state index in [-0.39, 0.29) is 16.6 Å². The Bertz CT molecular complexity index is 813. The van der Waals surface area contributed by atoms with Crippen molar-refractivity contribution in [3.63, 3.8) is 0 Å². The van der Waals surface area contributed by atoms with Gasteiger partial charge in [0.15, 0.2) is 0 Å². The fourth-order valence-electron chi connectivity index (χ4n) is 2.81. The summed E-state index contributed by atoms with van der Waals surface area (Å²) in [5.41, 5.74) is -0.130. The third-order valence-corrected chi connectivity index (χ3v) is 6.92. The fourth-order valence-corrected chi connectivity index (χ4v) is 5.26. The summed E-state index contributed by atoms with van der Waals surface area (Å²) in [6.45, 7) is 1.35. The molecule has 3 rings (SSSR count). The molecule has 25 heavy (non-hydrogen) atoms. The van der Waals surface area contributed by atoms with Crippen LogP contribution in [0.1, 0.15) is 17.7 Å². The third kappa shape index (κ3) is 4.06. The van der Waals surface area contributed by atoms with E-state index in [0.717, 1.165) is 4.88 Å². The van der Waals surface area contributed by atoms with Crippen LogP contribution in [0.25, 0.3) is 0 Å². The molecular formula is C16H18N2O5S2. The highest BCUT2D eigenvalue weighted by Crippen LogP contribution is 2.28. The minimum Gasteiger partial charge on any atom is -0.381 e. The number of sulfonamides is 1. The lowest BCUT2D eigenvalue weighted by atomic mass is 10.1. The molecular weight excluding hydrogens is 364 g/mol. The van der Waals surface area contributed by atoms with Crippen LogP contribution in [-0.2, 0) is 21.3 Å². The van der Waals surface area contributed by atoms with Gasteiger partial charge in [-0.15, -0.1) is 11.3 Å². The van der Waals surface area contributed by atoms with Gasteiger partial charge in [-0.2, -0.15) is 4.31 Å². The molecule has 0 N–H and O–H groups in total. The molecule has 2 heterocycles. The Labute approximate surface area is 150 Å². The molecule has 1 fully saturated rings. The molecule has 9 heteroatoms. The standard InChI is InChI=1S/C16H18N2O5S2/c19-18(20)14-3-5-16(6-4-14)25(21,22)17(12-15-2-1-11-24-15)13-7-9-23-10-8-13/h1-6,11,13H,7-10,12H2. The Morgan fingerprint density at radius 1 is 1.20 bits per heavy atom. The number of benzene rings is 1. The molecule has 0 saturated carbocycles. The van der Waals surface area contributed by atoms with Crippen LogP contribution in [0, 0.1) is 10.1 Å². The van der Waals surface area contributed by atoms with E-state index in [9.17, 15) is 18.5 Å². The zero-order valence-electron chi connectivity index (χ0n) is 13.4. The molecule has 0 aliphatic carbocycles. The number of rotatable bonds is 6. The van der Waals surface area contributed by atoms with Gasteiger partial charge in [-0.3, -0.25) is 10.1 Å². The first-order valence-corrected chi connectivity index (χ1v) is 10.2. The number of nitrogens with zero attached hydrogens (tertiary/aromatic N) is 2. The van der Waals surface area contributed by atoms with Gasteiger partial charge in [0.2, 0.25) is 10.0 Å². The summed E-state index contributed by atoms with van der Waals surface area (Å²) in [5.74, 6) is 0. The van der Waals surface area contributed by atoms with E-state index >= 15 is 0 Å². The van der Waals surface area contributed by atoms with Crippen molar-refractivity contribution in [2.45, 2.75) is 30.3 Å². The largest absolute Gasteiger partial charge is 0.381 e. The predicted octanol–water partition coefficient (Wildman–Crippen LogP) is 3.03. The number of thiophene rings is 1. The van der Waals surface area contributed by atoms with Crippen molar-refractivity contribution >= 4 is 27.0 Å². The molecule has 0 atom stereocenters. The molecule has 0 spiro atoms. The lowest BCUT2D eigenvalue weighted by Gasteiger charge is -2.33. The van der Waals surface area contributed by atoms with Crippen LogP contribution in [-0.4, -0.2) is 36.9 Å². The van der Waals surface area contributed by atoms with Crippen molar-refractivity contribution in [3.05, 3.63) is 56.8 Å². The van der Waals surface area contributed by atoms with E-state index < -0.39 is 14.9 Å². The Morgan fingerprint density at radius 2 is 1.88 bits per heavy atom. The molecule has 1 saturated heterocycles. The number of nitro groups is 1. The quantitative estimate of drug-likeness (QED) is 0.566. The summed E-state index contributed by atoms with van der Waals surface area (Å²) in [5, 5.41) is 12.7. The van der Waals surface area contributed by atoms with Crippen molar-refractivity contribution < 1.29 is 18.1 Å². The van der Waals surface area contributed by atoms with Crippen LogP contribution in [0.3, 0.4) is 0 Å². The molecule has 0 unspecified atom stereocenters. The van der Waals surface area contributed by atoms with Crippen LogP contribution in [0.15, 0.2) is 46.7 Å². The van der Waals surface area contributed by atoms with Crippen molar-refractivity contribution in [2.24, 2.45) is 0 Å². The lowest BCUT2D eigenvalue weighted by molar-refractivity contribution is -0.384. The smallest absolute Gasteiger partial charge is 0.269 e. The maximum Gasteiger partial charge on any atom is 0.269 e. The van der Waals surface area contributed by atoms with E-state index in [4.69, 9.17) is 4.74 Å². The summed E-state index contributed by atoms with van der Waals surface area (Å²) in [7, 11) is -3.76. The topological polar surface area (TPSA) is 89.8 Å². The highest BCUT2D eigenvalue weighted by Gasteiger charge is 2.33. The molecule has 0 radical (unpaired) electrons. The third-order valence-electron chi connectivity index (χ3n) is 4.14. The zero-order chi connectivity index (χ0) is 17.9. The Balaban J connectivity index is 1.93. The van der Waals surface area contributed by atoms with Gasteiger partial charge in [0.1, 0.15) is 0 Å². The average Bonchev–Trinajstić information content (AvgIpc) is 3.13. The minimum absolute atomic E-state index is 0.0705. The SMILES string of the molecule is O=[N+]([O-])c1ccc(S(=O)(=O)N(Cc2cccs2)C2CCOCC2)cc1. The van der Waals surface area contributed by atoms with Gasteiger partial charge in [-0.25, -0.2) is 8.42 Å². The summed E-state index contributed by atoms with van der Waals surface area (Å²) in [4.78, 5) is 11.3. The molecule has 2 aromatic rings. The highest BCUT2D eigenvalue weighted by molar-refractivity contribution is 7.89. The first kappa shape index (κ1) is 18.0. The summed E-state index contributed by atoms with van der Waals surface area (Å²) in [6.07, 6.45) is 1.27. The molecule has 7 nitrogen and oxygen atoms in total. The molecule has 134 valence electrons. The van der Waals surface area contributed by atoms with Crippen LogP contribution in [0.2, 0.25) is 0 Å². The van der Waals surface area contributed by atoms with Gasteiger partial charge in [0.05, 0.1) is 9.82 Å². The van der Waals surface area contributed by atoms with E-state index in [1.165, 1.54) is 39.9 Å². The maximum atomic E-state index is 13.2. The Kier molecular flexibility index (Phi) is 5.48. The molecule has 1 aliphatic rings. The number of non-ortho nitro benzene ring substituents is 1. The first-order valence-electron chi connectivity index (χ1n) is 7.85. The maximum absolute atomic E-state index is 13.2. The van der Waals surface area contributed by atoms with Crippen LogP contribution >= 0.6 is 11.3 Å². The van der Waals surface area contributed by atoms with Crippen LogP contribution in [0.5, 0.6) is 0 Å². The number of ether oxygens (including phenoxy) is 1. The predicted molar refractivity (Wildman–Crippen MR) is 94.0 cm³/mol. The first-order chi connectivity index (χ1) is 12.0. The molecule has 1 aliphatic heterocycles. The average molecular weight is 382 g/mol. The second-order valence-corrected chi connectivity index (χ2v) is 8.65. The van der Waals surface area contributed by atoms with Crippen molar-refractivity contribution in [1.29, 1.82) is 0 Å². The van der Waals surface area contributed by atoms with Gasteiger partial charge in [-0.05, 0) is 36.4 Å².